The van der Waals surface area contributed by atoms with Crippen LogP contribution in [-0.4, -0.2) is 75.7 Å². The maximum Gasteiger partial charge on any atom is 0.323 e. The van der Waals surface area contributed by atoms with Gasteiger partial charge in [-0.15, -0.1) is 0 Å². The molecular weight excluding hydrogens is 506 g/mol. The van der Waals surface area contributed by atoms with Crippen molar-refractivity contribution in [3.63, 3.8) is 0 Å². The third-order valence-corrected chi connectivity index (χ3v) is 7.68. The van der Waals surface area contributed by atoms with Gasteiger partial charge in [0, 0.05) is 67.5 Å². The minimum Gasteiger partial charge on any atom is -0.497 e. The Morgan fingerprint density at radius 2 is 1.43 bits per heavy atom. The van der Waals surface area contributed by atoms with Crippen LogP contribution in [0, 0.1) is 0 Å². The van der Waals surface area contributed by atoms with Crippen LogP contribution in [0.25, 0.3) is 0 Å². The van der Waals surface area contributed by atoms with Crippen LogP contribution in [0.3, 0.4) is 0 Å². The van der Waals surface area contributed by atoms with Crippen molar-refractivity contribution in [1.29, 1.82) is 0 Å². The first kappa shape index (κ1) is 27.3. The first-order chi connectivity index (χ1) is 19.4. The van der Waals surface area contributed by atoms with Crippen LogP contribution in [0.1, 0.15) is 16.7 Å². The number of fused-ring (bicyclic) bond motifs is 1. The second-order valence-corrected chi connectivity index (χ2v) is 10.3. The first-order valence-corrected chi connectivity index (χ1v) is 13.6. The lowest BCUT2D eigenvalue weighted by Crippen LogP contribution is -2.45. The van der Waals surface area contributed by atoms with Crippen molar-refractivity contribution < 1.29 is 19.1 Å². The Bertz CT molecular complexity index is 1340. The van der Waals surface area contributed by atoms with Gasteiger partial charge in [0.15, 0.2) is 0 Å². The van der Waals surface area contributed by atoms with Crippen molar-refractivity contribution >= 4 is 29.0 Å². The molecule has 1 fully saturated rings. The van der Waals surface area contributed by atoms with Gasteiger partial charge < -0.3 is 34.8 Å². The van der Waals surface area contributed by atoms with E-state index >= 15 is 0 Å². The molecule has 0 spiro atoms. The smallest absolute Gasteiger partial charge is 0.323 e. The summed E-state index contributed by atoms with van der Waals surface area (Å²) in [4.78, 5) is 32.5. The Labute approximate surface area is 235 Å². The first-order valence-electron chi connectivity index (χ1n) is 13.6. The Kier molecular flexibility index (Phi) is 8.40. The summed E-state index contributed by atoms with van der Waals surface area (Å²) in [5, 5.41) is 5.63. The van der Waals surface area contributed by atoms with Crippen LogP contribution in [0.5, 0.6) is 11.5 Å². The van der Waals surface area contributed by atoms with Crippen LogP contribution in [-0.2, 0) is 24.2 Å². The van der Waals surface area contributed by atoms with Crippen molar-refractivity contribution in [2.75, 3.05) is 69.5 Å². The summed E-state index contributed by atoms with van der Waals surface area (Å²) in [7, 11) is 5.46. The normalized spacial score (nSPS) is 15.3. The fraction of sp³-hybridized carbons (Fsp3) is 0.355. The highest BCUT2D eigenvalue weighted by Crippen LogP contribution is 2.36. The molecule has 210 valence electrons. The number of nitrogens with zero attached hydrogens (tertiary/aromatic N) is 3. The zero-order chi connectivity index (χ0) is 28.1. The highest BCUT2D eigenvalue weighted by molar-refractivity contribution is 5.99. The van der Waals surface area contributed by atoms with E-state index in [9.17, 15) is 9.59 Å². The summed E-state index contributed by atoms with van der Waals surface area (Å²) in [6.45, 7) is 5.25. The van der Waals surface area contributed by atoms with Gasteiger partial charge in [-0.25, -0.2) is 4.79 Å². The monoisotopic (exact) mass is 543 g/mol. The Morgan fingerprint density at radius 3 is 2.05 bits per heavy atom. The van der Waals surface area contributed by atoms with Gasteiger partial charge in [0.25, 0.3) is 0 Å². The summed E-state index contributed by atoms with van der Waals surface area (Å²) in [5.41, 5.74) is 5.85. The number of hydrogen-bond donors (Lipinski definition) is 2. The molecular formula is C31H37N5O4. The maximum absolute atomic E-state index is 13.4. The van der Waals surface area contributed by atoms with Crippen molar-refractivity contribution in [3.05, 3.63) is 77.4 Å². The number of benzene rings is 3. The summed E-state index contributed by atoms with van der Waals surface area (Å²) < 4.78 is 10.8. The van der Waals surface area contributed by atoms with E-state index in [1.54, 1.807) is 38.5 Å². The Balaban J connectivity index is 1.20. The predicted molar refractivity (Wildman–Crippen MR) is 158 cm³/mol. The van der Waals surface area contributed by atoms with Crippen molar-refractivity contribution in [3.8, 4) is 11.5 Å². The average molecular weight is 544 g/mol. The third-order valence-electron chi connectivity index (χ3n) is 7.68. The highest BCUT2D eigenvalue weighted by Gasteiger charge is 2.28. The average Bonchev–Trinajstić information content (AvgIpc) is 2.98. The number of ether oxygens (including phenoxy) is 2. The van der Waals surface area contributed by atoms with Gasteiger partial charge in [-0.1, -0.05) is 12.1 Å². The molecule has 5 rings (SSSR count). The number of likely N-dealkylation sites (N-methyl/N-ethyl adjacent to an activating group) is 1. The van der Waals surface area contributed by atoms with E-state index in [0.29, 0.717) is 30.9 Å². The molecule has 1 saturated heterocycles. The third kappa shape index (κ3) is 6.31. The lowest BCUT2D eigenvalue weighted by Gasteiger charge is -2.38. The molecule has 0 radical (unpaired) electrons. The Hall–Kier alpha value is -4.24. The molecule has 9 nitrogen and oxygen atoms in total. The number of nitrogens with one attached hydrogen (secondary N) is 2. The molecule has 0 aromatic heterocycles. The van der Waals surface area contributed by atoms with Crippen molar-refractivity contribution in [1.82, 2.24) is 9.80 Å². The maximum atomic E-state index is 13.4. The number of anilines is 3. The zero-order valence-electron chi connectivity index (χ0n) is 23.4. The highest BCUT2D eigenvalue weighted by atomic mass is 16.5. The molecule has 2 aliphatic rings. The number of hydrogen-bond acceptors (Lipinski definition) is 6. The summed E-state index contributed by atoms with van der Waals surface area (Å²) >= 11 is 0. The van der Waals surface area contributed by atoms with E-state index in [1.165, 1.54) is 16.8 Å². The van der Waals surface area contributed by atoms with E-state index in [2.05, 4.69) is 39.6 Å². The topological polar surface area (TPSA) is 86.4 Å². The molecule has 9 heteroatoms. The van der Waals surface area contributed by atoms with E-state index in [-0.39, 0.29) is 11.9 Å². The molecule has 2 heterocycles. The molecule has 40 heavy (non-hydrogen) atoms. The van der Waals surface area contributed by atoms with Crippen LogP contribution in [0.4, 0.5) is 21.9 Å². The number of urea groups is 1. The molecule has 0 saturated carbocycles. The number of amides is 3. The fourth-order valence-corrected chi connectivity index (χ4v) is 5.33. The predicted octanol–water partition coefficient (Wildman–Crippen LogP) is 4.23. The van der Waals surface area contributed by atoms with Gasteiger partial charge >= 0.3 is 6.03 Å². The number of piperazine rings is 1. The van der Waals surface area contributed by atoms with Gasteiger partial charge in [0.05, 0.1) is 20.6 Å². The number of methoxy groups -OCH3 is 2. The second-order valence-electron chi connectivity index (χ2n) is 10.3. The molecule has 0 bridgehead atoms. The summed E-state index contributed by atoms with van der Waals surface area (Å²) in [5.74, 6) is 1.72. The van der Waals surface area contributed by atoms with E-state index in [0.717, 1.165) is 49.7 Å². The Morgan fingerprint density at radius 1 is 0.775 bits per heavy atom. The molecule has 3 aromatic rings. The van der Waals surface area contributed by atoms with Crippen molar-refractivity contribution in [2.24, 2.45) is 0 Å². The lowest BCUT2D eigenvalue weighted by atomic mass is 9.95. The zero-order valence-corrected chi connectivity index (χ0v) is 23.4. The molecule has 2 N–H and O–H groups in total. The van der Waals surface area contributed by atoms with Crippen LogP contribution in [0.2, 0.25) is 0 Å². The van der Waals surface area contributed by atoms with Crippen LogP contribution in [0.15, 0.2) is 60.7 Å². The number of carbonyl (C=O) groups excluding carboxylic acids is 2. The van der Waals surface area contributed by atoms with E-state index in [4.69, 9.17) is 9.47 Å². The number of rotatable bonds is 7. The fourth-order valence-electron chi connectivity index (χ4n) is 5.33. The lowest BCUT2D eigenvalue weighted by molar-refractivity contribution is -0.131. The van der Waals surface area contributed by atoms with Gasteiger partial charge in [0.1, 0.15) is 11.5 Å². The SMILES string of the molecule is COc1ccc(NC(=O)Nc2ccc(CC(=O)N3CCc4c(OC)ccc(N5CCN(C)CC5)c4C3)cc2)cc1. The van der Waals surface area contributed by atoms with Gasteiger partial charge in [-0.2, -0.15) is 0 Å². The molecule has 3 amide bonds. The van der Waals surface area contributed by atoms with Crippen molar-refractivity contribution in [2.45, 2.75) is 19.4 Å². The molecule has 3 aromatic carbocycles. The largest absolute Gasteiger partial charge is 0.497 e. The summed E-state index contributed by atoms with van der Waals surface area (Å²) in [6.07, 6.45) is 1.08. The van der Waals surface area contributed by atoms with Gasteiger partial charge in [-0.05, 0) is 67.6 Å². The number of carbonyl (C=O) groups is 2. The second kappa shape index (κ2) is 12.3. The minimum atomic E-state index is -0.340. The van der Waals surface area contributed by atoms with E-state index < -0.39 is 0 Å². The van der Waals surface area contributed by atoms with E-state index in [1.807, 2.05) is 29.2 Å². The van der Waals surface area contributed by atoms with Crippen LogP contribution >= 0.6 is 0 Å². The standard InChI is InChI=1S/C31H37N5O4/c1-34-16-18-35(19-17-34)28-12-13-29(40-3)26-14-15-36(21-27(26)28)30(37)20-22-4-6-23(7-5-22)32-31(38)33-24-8-10-25(39-2)11-9-24/h4-13H,14-21H2,1-3H3,(H2,32,33,38). The minimum absolute atomic E-state index is 0.0933. The molecule has 0 aliphatic carbocycles. The quantitative estimate of drug-likeness (QED) is 0.464. The van der Waals surface area contributed by atoms with Gasteiger partial charge in [0.2, 0.25) is 5.91 Å². The molecule has 0 atom stereocenters. The molecule has 2 aliphatic heterocycles. The summed E-state index contributed by atoms with van der Waals surface area (Å²) in [6, 6.07) is 18.4. The molecule has 0 unspecified atom stereocenters. The van der Waals surface area contributed by atoms with Gasteiger partial charge in [-0.3, -0.25) is 4.79 Å². The van der Waals surface area contributed by atoms with Crippen LogP contribution < -0.4 is 25.0 Å².